The van der Waals surface area contributed by atoms with Crippen LogP contribution < -0.4 is 34.7 Å². The van der Waals surface area contributed by atoms with E-state index in [1.54, 1.807) is 6.07 Å². The molecule has 2 heteroatoms. The molecule has 0 radical (unpaired) electrons. The summed E-state index contributed by atoms with van der Waals surface area (Å²) in [6.07, 6.45) is 10.3. The van der Waals surface area contributed by atoms with Crippen molar-refractivity contribution in [3.63, 3.8) is 0 Å². The summed E-state index contributed by atoms with van der Waals surface area (Å²) >= 11 is 0. The van der Waals surface area contributed by atoms with Gasteiger partial charge in [-0.25, -0.2) is 0 Å². The van der Waals surface area contributed by atoms with Gasteiger partial charge in [-0.1, -0.05) is 57.7 Å². The Morgan fingerprint density at radius 2 is 1.25 bits per heavy atom. The first-order valence-electron chi connectivity index (χ1n) is 8.05. The minimum absolute atomic E-state index is 0. The molecule has 0 N–H and O–H groups in total. The molecule has 1 aromatic rings. The second-order valence-electron chi connectivity index (χ2n) is 5.49. The van der Waals surface area contributed by atoms with Crippen molar-refractivity contribution in [1.29, 1.82) is 0 Å². The number of hydrogen-bond donors (Lipinski definition) is 0. The van der Waals surface area contributed by atoms with Gasteiger partial charge in [0.15, 0.2) is 0 Å². The Balaban J connectivity index is 0.00000361. The number of hydrogen-bond acceptors (Lipinski definition) is 1. The summed E-state index contributed by atoms with van der Waals surface area (Å²) < 4.78 is 0. The van der Waals surface area contributed by atoms with E-state index < -0.39 is 0 Å². The van der Waals surface area contributed by atoms with Crippen molar-refractivity contribution in [2.24, 2.45) is 0 Å². The van der Waals surface area contributed by atoms with E-state index >= 15 is 0 Å². The molecule has 0 fully saturated rings. The van der Waals surface area contributed by atoms with Gasteiger partial charge < -0.3 is 5.11 Å². The Bertz CT molecular complexity index is 374. The van der Waals surface area contributed by atoms with E-state index in [1.807, 2.05) is 0 Å². The maximum Gasteiger partial charge on any atom is 1.00 e. The van der Waals surface area contributed by atoms with Gasteiger partial charge in [-0.2, -0.15) is 0 Å². The maximum absolute atomic E-state index is 12.1. The molecule has 0 heterocycles. The Morgan fingerprint density at radius 1 is 0.750 bits per heavy atom. The van der Waals surface area contributed by atoms with Crippen LogP contribution in [0.3, 0.4) is 0 Å². The van der Waals surface area contributed by atoms with Gasteiger partial charge in [0.1, 0.15) is 0 Å². The molecule has 1 nitrogen and oxygen atoms in total. The van der Waals surface area contributed by atoms with Crippen molar-refractivity contribution < 1.29 is 34.7 Å². The zero-order chi connectivity index (χ0) is 14.1. The summed E-state index contributed by atoms with van der Waals surface area (Å²) in [5.41, 5.74) is 3.93. The van der Waals surface area contributed by atoms with Crippen molar-refractivity contribution in [3.8, 4) is 5.75 Å². The van der Waals surface area contributed by atoms with E-state index in [0.717, 1.165) is 37.7 Å². The Morgan fingerprint density at radius 3 is 1.80 bits per heavy atom. The molecule has 0 aliphatic rings. The quantitative estimate of drug-likeness (QED) is 0.634. The van der Waals surface area contributed by atoms with Crippen LogP contribution in [0.25, 0.3) is 0 Å². The molecule has 0 aliphatic heterocycles. The van der Waals surface area contributed by atoms with Crippen LogP contribution in [0.4, 0.5) is 0 Å². The van der Waals surface area contributed by atoms with Crippen molar-refractivity contribution in [3.05, 3.63) is 28.8 Å². The number of aryl methyl sites for hydroxylation is 1. The van der Waals surface area contributed by atoms with Crippen LogP contribution in [0, 0.1) is 0 Å². The summed E-state index contributed by atoms with van der Waals surface area (Å²) in [6, 6.07) is 3.88. The molecule has 0 bridgehead atoms. The third kappa shape index (κ3) is 6.20. The minimum atomic E-state index is 0. The van der Waals surface area contributed by atoms with E-state index in [4.69, 9.17) is 0 Å². The smallest absolute Gasteiger partial charge is 0.872 e. The molecule has 1 aromatic carbocycles. The van der Waals surface area contributed by atoms with Crippen molar-refractivity contribution in [2.45, 2.75) is 78.6 Å². The molecule has 0 aromatic heterocycles. The molecule has 20 heavy (non-hydrogen) atoms. The van der Waals surface area contributed by atoms with Crippen LogP contribution in [-0.2, 0) is 19.3 Å². The molecule has 1 rings (SSSR count). The van der Waals surface area contributed by atoms with Gasteiger partial charge in [0.25, 0.3) is 0 Å². The predicted octanol–water partition coefficient (Wildman–Crippen LogP) is 1.79. The second-order valence-corrected chi connectivity index (χ2v) is 5.49. The van der Waals surface area contributed by atoms with E-state index in [1.165, 1.54) is 36.8 Å². The van der Waals surface area contributed by atoms with Crippen molar-refractivity contribution >= 4 is 0 Å². The zero-order valence-electron chi connectivity index (χ0n) is 13.9. The average Bonchev–Trinajstić information content (AvgIpc) is 2.42. The third-order valence-electron chi connectivity index (χ3n) is 3.85. The van der Waals surface area contributed by atoms with Crippen LogP contribution in [-0.4, -0.2) is 0 Å². The summed E-state index contributed by atoms with van der Waals surface area (Å²) in [5, 5.41) is 12.1. The molecule has 0 aliphatic carbocycles. The molecule has 0 saturated carbocycles. The average molecular weight is 284 g/mol. The summed E-state index contributed by atoms with van der Waals surface area (Å²) in [5.74, 6) is 0.264. The largest absolute Gasteiger partial charge is 1.00 e. The molecule has 108 valence electrons. The zero-order valence-corrected chi connectivity index (χ0v) is 15.9. The van der Waals surface area contributed by atoms with E-state index in [0.29, 0.717) is 0 Å². The van der Waals surface area contributed by atoms with Crippen LogP contribution >= 0.6 is 0 Å². The Hall–Kier alpha value is 0.0200. The maximum atomic E-state index is 12.1. The van der Waals surface area contributed by atoms with Gasteiger partial charge in [-0.15, -0.1) is 5.75 Å². The fourth-order valence-electron chi connectivity index (χ4n) is 2.61. The predicted molar refractivity (Wildman–Crippen MR) is 81.7 cm³/mol. The first kappa shape index (κ1) is 20.0. The van der Waals surface area contributed by atoms with Gasteiger partial charge in [0.2, 0.25) is 0 Å². The molecule has 0 atom stereocenters. The normalized spacial score (nSPS) is 10.3. The molecule has 0 spiro atoms. The Labute approximate surface area is 147 Å². The number of rotatable bonds is 9. The van der Waals surface area contributed by atoms with Crippen LogP contribution in [0.15, 0.2) is 12.1 Å². The first-order chi connectivity index (χ1) is 9.24. The van der Waals surface area contributed by atoms with Crippen molar-refractivity contribution in [2.75, 3.05) is 0 Å². The molecule has 0 saturated heterocycles. The third-order valence-corrected chi connectivity index (χ3v) is 3.85. The van der Waals surface area contributed by atoms with Gasteiger partial charge in [0.05, 0.1) is 0 Å². The van der Waals surface area contributed by atoms with Crippen molar-refractivity contribution in [1.82, 2.24) is 0 Å². The van der Waals surface area contributed by atoms with Gasteiger partial charge in [0, 0.05) is 0 Å². The van der Waals surface area contributed by atoms with E-state index in [9.17, 15) is 5.11 Å². The molecular weight excluding hydrogens is 255 g/mol. The number of unbranched alkanes of at least 4 members (excludes halogenated alkanes) is 3. The minimum Gasteiger partial charge on any atom is -0.872 e. The fourth-order valence-corrected chi connectivity index (χ4v) is 2.61. The monoisotopic (exact) mass is 284 g/mol. The van der Waals surface area contributed by atoms with Gasteiger partial charge >= 0.3 is 29.6 Å². The summed E-state index contributed by atoms with van der Waals surface area (Å²) in [4.78, 5) is 0. The molecule has 0 unspecified atom stereocenters. The van der Waals surface area contributed by atoms with Crippen LogP contribution in [0.5, 0.6) is 5.75 Å². The topological polar surface area (TPSA) is 23.1 Å². The molecular formula is C18H29NaO. The number of benzene rings is 1. The van der Waals surface area contributed by atoms with E-state index in [-0.39, 0.29) is 35.3 Å². The van der Waals surface area contributed by atoms with E-state index in [2.05, 4.69) is 26.8 Å². The van der Waals surface area contributed by atoms with Crippen LogP contribution in [0.1, 0.15) is 76.0 Å². The van der Waals surface area contributed by atoms with Crippen LogP contribution in [0.2, 0.25) is 0 Å². The first-order valence-corrected chi connectivity index (χ1v) is 8.05. The summed E-state index contributed by atoms with van der Waals surface area (Å²) in [6.45, 7) is 6.64. The standard InChI is InChI=1S/C18H30O.Na/c1-4-7-10-15-13-14-18(19)17(12-9-6-3)16(15)11-8-5-2;/h13-14,19H,4-12H2,1-3H3;/q;+1/p-1. The van der Waals surface area contributed by atoms with Gasteiger partial charge in [-0.05, 0) is 49.7 Å². The summed E-state index contributed by atoms with van der Waals surface area (Å²) in [7, 11) is 0. The SMILES string of the molecule is CCCCc1ccc([O-])c(CCCC)c1CCCC.[Na+]. The Kier molecular flexibility index (Phi) is 11.7. The second kappa shape index (κ2) is 11.7. The van der Waals surface area contributed by atoms with Gasteiger partial charge in [-0.3, -0.25) is 0 Å². The molecule has 0 amide bonds. The fraction of sp³-hybridized carbons (Fsp3) is 0.667.